The molecule has 2 atom stereocenters. The van der Waals surface area contributed by atoms with E-state index in [1.807, 2.05) is 61.5 Å². The van der Waals surface area contributed by atoms with Crippen LogP contribution in [0.4, 0.5) is 5.69 Å². The number of aliphatic hydroxyl groups is 1. The number of benzene rings is 2. The lowest BCUT2D eigenvalue weighted by Gasteiger charge is -2.20. The van der Waals surface area contributed by atoms with E-state index in [-0.39, 0.29) is 18.6 Å². The predicted molar refractivity (Wildman–Crippen MR) is 90.0 cm³/mol. The number of hydrogen-bond acceptors (Lipinski definition) is 3. The molecule has 2 rings (SSSR count). The van der Waals surface area contributed by atoms with Crippen molar-refractivity contribution in [1.29, 1.82) is 0 Å². The Bertz CT molecular complexity index is 643. The molecule has 2 aromatic rings. The minimum absolute atomic E-state index is 0.0161. The van der Waals surface area contributed by atoms with E-state index in [9.17, 15) is 5.11 Å². The van der Waals surface area contributed by atoms with Gasteiger partial charge in [-0.05, 0) is 24.3 Å². The van der Waals surface area contributed by atoms with Crippen LogP contribution < -0.4 is 10.1 Å². The zero-order valence-electron chi connectivity index (χ0n) is 12.9. The fourth-order valence-corrected chi connectivity index (χ4v) is 2.00. The van der Waals surface area contributed by atoms with E-state index < -0.39 is 0 Å². The molecule has 0 aromatic heterocycles. The van der Waals surface area contributed by atoms with Crippen molar-refractivity contribution < 1.29 is 9.84 Å². The average Bonchev–Trinajstić information content (AvgIpc) is 2.59. The fourth-order valence-electron chi connectivity index (χ4n) is 2.00. The van der Waals surface area contributed by atoms with Crippen molar-refractivity contribution in [2.45, 2.75) is 13.0 Å². The third kappa shape index (κ3) is 4.54. The van der Waals surface area contributed by atoms with Crippen LogP contribution in [0.5, 0.6) is 5.75 Å². The molecule has 0 fully saturated rings. The van der Waals surface area contributed by atoms with Crippen LogP contribution in [0.15, 0.2) is 54.6 Å². The van der Waals surface area contributed by atoms with Gasteiger partial charge in [0.2, 0.25) is 0 Å². The van der Waals surface area contributed by atoms with Gasteiger partial charge in [0.1, 0.15) is 5.75 Å². The van der Waals surface area contributed by atoms with Crippen LogP contribution in [0.1, 0.15) is 12.5 Å². The first-order chi connectivity index (χ1) is 10.7. The molecular weight excluding hydrogens is 274 g/mol. The molecule has 0 saturated carbocycles. The Hall–Kier alpha value is -2.44. The van der Waals surface area contributed by atoms with Gasteiger partial charge in [-0.1, -0.05) is 43.0 Å². The fraction of sp³-hybridized carbons (Fsp3) is 0.263. The largest absolute Gasteiger partial charge is 0.497 e. The second kappa shape index (κ2) is 8.11. The zero-order chi connectivity index (χ0) is 15.8. The maximum atomic E-state index is 9.45. The Morgan fingerprint density at radius 3 is 2.59 bits per heavy atom. The van der Waals surface area contributed by atoms with Crippen LogP contribution in [0.2, 0.25) is 0 Å². The van der Waals surface area contributed by atoms with Crippen molar-refractivity contribution >= 4 is 5.69 Å². The summed E-state index contributed by atoms with van der Waals surface area (Å²) in [5.41, 5.74) is 1.89. The van der Waals surface area contributed by atoms with Crippen LogP contribution in [-0.2, 0) is 0 Å². The van der Waals surface area contributed by atoms with Gasteiger partial charge in [-0.15, -0.1) is 0 Å². The molecule has 0 radical (unpaired) electrons. The van der Waals surface area contributed by atoms with Crippen molar-refractivity contribution in [3.8, 4) is 17.6 Å². The van der Waals surface area contributed by atoms with Crippen molar-refractivity contribution in [1.82, 2.24) is 0 Å². The molecule has 0 bridgehead atoms. The molecule has 0 heterocycles. The molecule has 22 heavy (non-hydrogen) atoms. The molecule has 0 unspecified atom stereocenters. The van der Waals surface area contributed by atoms with E-state index >= 15 is 0 Å². The van der Waals surface area contributed by atoms with Crippen LogP contribution in [0.25, 0.3) is 0 Å². The highest BCUT2D eigenvalue weighted by molar-refractivity contribution is 5.51. The summed E-state index contributed by atoms with van der Waals surface area (Å²) in [6.45, 7) is 2.04. The third-order valence-corrected chi connectivity index (χ3v) is 3.39. The second-order valence-electron chi connectivity index (χ2n) is 5.15. The molecule has 114 valence electrons. The molecular formula is C19H21NO2. The van der Waals surface area contributed by atoms with E-state index in [4.69, 9.17) is 4.74 Å². The first kappa shape index (κ1) is 15.9. The minimum Gasteiger partial charge on any atom is -0.497 e. The monoisotopic (exact) mass is 295 g/mol. The molecule has 3 heteroatoms. The van der Waals surface area contributed by atoms with Crippen LogP contribution in [0.3, 0.4) is 0 Å². The average molecular weight is 295 g/mol. The van der Waals surface area contributed by atoms with Crippen LogP contribution >= 0.6 is 0 Å². The third-order valence-electron chi connectivity index (χ3n) is 3.39. The Balaban J connectivity index is 2.18. The zero-order valence-corrected chi connectivity index (χ0v) is 12.9. The number of nitrogens with one attached hydrogen (secondary N) is 1. The summed E-state index contributed by atoms with van der Waals surface area (Å²) in [5.74, 6) is 7.17. The highest BCUT2D eigenvalue weighted by atomic mass is 16.5. The summed E-state index contributed by atoms with van der Waals surface area (Å²) in [6.07, 6.45) is 0. The molecule has 3 nitrogen and oxygen atoms in total. The summed E-state index contributed by atoms with van der Waals surface area (Å²) < 4.78 is 5.23. The van der Waals surface area contributed by atoms with E-state index in [1.165, 1.54) is 0 Å². The Kier molecular flexibility index (Phi) is 5.88. The molecule has 0 spiro atoms. The molecule has 0 aliphatic rings. The lowest BCUT2D eigenvalue weighted by molar-refractivity contribution is 0.233. The maximum Gasteiger partial charge on any atom is 0.120 e. The van der Waals surface area contributed by atoms with Gasteiger partial charge in [0.15, 0.2) is 0 Å². The second-order valence-corrected chi connectivity index (χ2v) is 5.15. The van der Waals surface area contributed by atoms with Gasteiger partial charge >= 0.3 is 0 Å². The Morgan fingerprint density at radius 2 is 1.91 bits per heavy atom. The van der Waals surface area contributed by atoms with E-state index in [0.717, 1.165) is 17.0 Å². The Labute approximate surface area is 131 Å². The Morgan fingerprint density at radius 1 is 1.14 bits per heavy atom. The quantitative estimate of drug-likeness (QED) is 0.833. The molecule has 0 aliphatic carbocycles. The summed E-state index contributed by atoms with van der Waals surface area (Å²) in [7, 11) is 1.64. The molecule has 2 N–H and O–H groups in total. The topological polar surface area (TPSA) is 41.5 Å². The van der Waals surface area contributed by atoms with Crippen molar-refractivity contribution in [3.05, 3.63) is 60.2 Å². The lowest BCUT2D eigenvalue weighted by Crippen LogP contribution is -2.28. The van der Waals surface area contributed by atoms with Crippen molar-refractivity contribution in [2.75, 3.05) is 19.0 Å². The van der Waals surface area contributed by atoms with Gasteiger partial charge in [-0.3, -0.25) is 0 Å². The van der Waals surface area contributed by atoms with Crippen molar-refractivity contribution in [3.63, 3.8) is 0 Å². The predicted octanol–water partition coefficient (Wildman–Crippen LogP) is 3.16. The van der Waals surface area contributed by atoms with Gasteiger partial charge in [-0.25, -0.2) is 0 Å². The summed E-state index contributed by atoms with van der Waals surface area (Å²) >= 11 is 0. The smallest absolute Gasteiger partial charge is 0.120 e. The van der Waals surface area contributed by atoms with Gasteiger partial charge in [0.25, 0.3) is 0 Å². The van der Waals surface area contributed by atoms with E-state index in [2.05, 4.69) is 17.2 Å². The van der Waals surface area contributed by atoms with Crippen LogP contribution in [0, 0.1) is 17.8 Å². The van der Waals surface area contributed by atoms with Gasteiger partial charge in [0, 0.05) is 29.8 Å². The normalized spacial score (nSPS) is 12.7. The van der Waals surface area contributed by atoms with Gasteiger partial charge in [-0.2, -0.15) is 0 Å². The van der Waals surface area contributed by atoms with Crippen LogP contribution in [-0.4, -0.2) is 24.9 Å². The molecule has 2 aromatic carbocycles. The standard InChI is InChI=1S/C19H21NO2/c1-15(14-21)19(12-11-16-7-4-3-5-8-16)20-17-9-6-10-18(13-17)22-2/h3-10,13,15,19-21H,14H2,1-2H3/t15-,19+/m0/s1. The van der Waals surface area contributed by atoms with E-state index in [0.29, 0.717) is 0 Å². The van der Waals surface area contributed by atoms with Gasteiger partial charge < -0.3 is 15.2 Å². The SMILES string of the molecule is COc1cccc(N[C@H](C#Cc2ccccc2)[C@@H](C)CO)c1. The lowest BCUT2D eigenvalue weighted by atomic mass is 10.0. The summed E-state index contributed by atoms with van der Waals surface area (Å²) in [4.78, 5) is 0. The molecule has 0 saturated heterocycles. The van der Waals surface area contributed by atoms with Crippen molar-refractivity contribution in [2.24, 2.45) is 5.92 Å². The first-order valence-corrected chi connectivity index (χ1v) is 7.31. The highest BCUT2D eigenvalue weighted by Gasteiger charge is 2.14. The number of rotatable bonds is 5. The number of hydrogen-bond donors (Lipinski definition) is 2. The summed E-state index contributed by atoms with van der Waals surface area (Å²) in [6, 6.07) is 17.4. The number of aliphatic hydroxyl groups excluding tert-OH is 1. The number of methoxy groups -OCH3 is 1. The summed E-state index contributed by atoms with van der Waals surface area (Å²) in [5, 5.41) is 12.8. The molecule has 0 aliphatic heterocycles. The minimum atomic E-state index is -0.141. The molecule has 0 amide bonds. The van der Waals surface area contributed by atoms with Gasteiger partial charge in [0.05, 0.1) is 13.2 Å². The number of ether oxygens (including phenoxy) is 1. The maximum absolute atomic E-state index is 9.45. The first-order valence-electron chi connectivity index (χ1n) is 7.31. The number of anilines is 1. The highest BCUT2D eigenvalue weighted by Crippen LogP contribution is 2.19. The van der Waals surface area contributed by atoms with E-state index in [1.54, 1.807) is 7.11 Å².